The Hall–Kier alpha value is -1.00. The second kappa shape index (κ2) is 5.33. The summed E-state index contributed by atoms with van der Waals surface area (Å²) in [6.07, 6.45) is 6.71. The zero-order chi connectivity index (χ0) is 13.2. The first-order valence-corrected chi connectivity index (χ1v) is 6.69. The predicted octanol–water partition coefficient (Wildman–Crippen LogP) is 2.33. The first-order chi connectivity index (χ1) is 8.55. The van der Waals surface area contributed by atoms with E-state index in [2.05, 4.69) is 43.0 Å². The molecule has 0 spiro atoms. The third-order valence-corrected chi connectivity index (χ3v) is 4.02. The summed E-state index contributed by atoms with van der Waals surface area (Å²) in [6, 6.07) is 0.705. The van der Waals surface area contributed by atoms with Crippen molar-refractivity contribution in [3.8, 4) is 0 Å². The van der Waals surface area contributed by atoms with E-state index in [1.165, 1.54) is 0 Å². The van der Waals surface area contributed by atoms with Crippen molar-refractivity contribution in [3.05, 3.63) is 24.3 Å². The van der Waals surface area contributed by atoms with Crippen LogP contribution in [0.4, 0.5) is 0 Å². The van der Waals surface area contributed by atoms with E-state index in [-0.39, 0.29) is 11.5 Å². The molecule has 3 atom stereocenters. The predicted molar refractivity (Wildman–Crippen MR) is 71.2 cm³/mol. The molecule has 0 amide bonds. The van der Waals surface area contributed by atoms with Gasteiger partial charge in [-0.1, -0.05) is 13.8 Å². The number of nitrogens with zero attached hydrogens (tertiary/aromatic N) is 2. The topological polar surface area (TPSA) is 47.0 Å². The lowest BCUT2D eigenvalue weighted by Gasteiger charge is -2.52. The third kappa shape index (κ3) is 2.54. The van der Waals surface area contributed by atoms with Crippen molar-refractivity contribution >= 4 is 0 Å². The molecule has 0 bridgehead atoms. The van der Waals surface area contributed by atoms with Gasteiger partial charge in [0.25, 0.3) is 0 Å². The highest BCUT2D eigenvalue weighted by Crippen LogP contribution is 2.43. The fourth-order valence-electron chi connectivity index (χ4n) is 2.57. The number of rotatable bonds is 5. The van der Waals surface area contributed by atoms with Crippen LogP contribution in [0.5, 0.6) is 0 Å². The Kier molecular flexibility index (Phi) is 3.97. The Morgan fingerprint density at radius 2 is 2.28 bits per heavy atom. The summed E-state index contributed by atoms with van der Waals surface area (Å²) in [7, 11) is 0. The molecule has 1 heterocycles. The molecule has 2 rings (SSSR count). The van der Waals surface area contributed by atoms with E-state index >= 15 is 0 Å². The summed E-state index contributed by atoms with van der Waals surface area (Å²) in [5, 5.41) is 3.63. The van der Waals surface area contributed by atoms with Gasteiger partial charge in [-0.3, -0.25) is 9.97 Å². The zero-order valence-electron chi connectivity index (χ0n) is 11.7. The van der Waals surface area contributed by atoms with E-state index in [0.29, 0.717) is 12.1 Å². The van der Waals surface area contributed by atoms with Gasteiger partial charge in [0.05, 0.1) is 11.8 Å². The summed E-state index contributed by atoms with van der Waals surface area (Å²) >= 11 is 0. The van der Waals surface area contributed by atoms with Crippen LogP contribution in [0, 0.1) is 5.41 Å². The summed E-state index contributed by atoms with van der Waals surface area (Å²) in [4.78, 5) is 8.45. The highest BCUT2D eigenvalue weighted by atomic mass is 16.5. The molecule has 100 valence electrons. The minimum atomic E-state index is 0.187. The Bertz CT molecular complexity index is 380. The molecule has 1 N–H and O–H groups in total. The van der Waals surface area contributed by atoms with Crippen LogP contribution in [0.1, 0.15) is 45.9 Å². The molecule has 18 heavy (non-hydrogen) atoms. The van der Waals surface area contributed by atoms with Gasteiger partial charge in [0, 0.05) is 42.7 Å². The van der Waals surface area contributed by atoms with Gasteiger partial charge in [-0.15, -0.1) is 0 Å². The zero-order valence-corrected chi connectivity index (χ0v) is 11.7. The van der Waals surface area contributed by atoms with Gasteiger partial charge in [0.15, 0.2) is 0 Å². The lowest BCUT2D eigenvalue weighted by molar-refractivity contribution is -0.116. The molecule has 4 nitrogen and oxygen atoms in total. The molecule has 0 aromatic carbocycles. The van der Waals surface area contributed by atoms with E-state index in [1.54, 1.807) is 12.4 Å². The smallest absolute Gasteiger partial charge is 0.0753 e. The first-order valence-electron chi connectivity index (χ1n) is 6.69. The van der Waals surface area contributed by atoms with Crippen molar-refractivity contribution in [2.24, 2.45) is 5.41 Å². The average molecular weight is 249 g/mol. The highest BCUT2D eigenvalue weighted by molar-refractivity contribution is 5.07. The number of ether oxygens (including phenoxy) is 1. The molecular weight excluding hydrogens is 226 g/mol. The molecule has 1 aromatic rings. The largest absolute Gasteiger partial charge is 0.378 e. The molecule has 1 saturated carbocycles. The number of hydrogen-bond acceptors (Lipinski definition) is 4. The fraction of sp³-hybridized carbons (Fsp3) is 0.714. The van der Waals surface area contributed by atoms with E-state index in [0.717, 1.165) is 18.7 Å². The minimum absolute atomic E-state index is 0.187. The fourth-order valence-corrected chi connectivity index (χ4v) is 2.57. The van der Waals surface area contributed by atoms with Gasteiger partial charge in [-0.05, 0) is 20.3 Å². The Morgan fingerprint density at radius 1 is 1.50 bits per heavy atom. The van der Waals surface area contributed by atoms with Crippen LogP contribution in [-0.2, 0) is 4.74 Å². The van der Waals surface area contributed by atoms with Gasteiger partial charge in [0.2, 0.25) is 0 Å². The maximum atomic E-state index is 5.74. The maximum absolute atomic E-state index is 5.74. The quantitative estimate of drug-likeness (QED) is 0.870. The molecule has 0 aliphatic heterocycles. The SMILES string of the molecule is CCOC1CC(NC(C)c2cnccn2)C1(C)C. The lowest BCUT2D eigenvalue weighted by atomic mass is 9.64. The van der Waals surface area contributed by atoms with Crippen molar-refractivity contribution in [2.75, 3.05) is 6.61 Å². The number of hydrogen-bond donors (Lipinski definition) is 1. The molecule has 1 aromatic heterocycles. The van der Waals surface area contributed by atoms with Crippen molar-refractivity contribution in [3.63, 3.8) is 0 Å². The summed E-state index contributed by atoms with van der Waals surface area (Å²) in [6.45, 7) is 9.50. The minimum Gasteiger partial charge on any atom is -0.378 e. The molecule has 1 aliphatic rings. The monoisotopic (exact) mass is 249 g/mol. The van der Waals surface area contributed by atoms with Crippen molar-refractivity contribution < 1.29 is 4.74 Å². The third-order valence-electron chi connectivity index (χ3n) is 4.02. The van der Waals surface area contributed by atoms with Gasteiger partial charge in [-0.25, -0.2) is 0 Å². The molecule has 0 radical (unpaired) electrons. The van der Waals surface area contributed by atoms with Gasteiger partial charge >= 0.3 is 0 Å². The second-order valence-corrected chi connectivity index (χ2v) is 5.57. The molecule has 3 unspecified atom stereocenters. The van der Waals surface area contributed by atoms with Crippen LogP contribution in [0.15, 0.2) is 18.6 Å². The highest BCUT2D eigenvalue weighted by Gasteiger charge is 2.49. The van der Waals surface area contributed by atoms with Crippen LogP contribution in [-0.4, -0.2) is 28.7 Å². The standard InChI is InChI=1S/C14H23N3O/c1-5-18-13-8-12(14(13,3)4)17-10(2)11-9-15-6-7-16-11/h6-7,9-10,12-13,17H,5,8H2,1-4H3. The number of aromatic nitrogens is 2. The van der Waals surface area contributed by atoms with Gasteiger partial charge in [-0.2, -0.15) is 0 Å². The van der Waals surface area contributed by atoms with Gasteiger partial charge in [0.1, 0.15) is 0 Å². The van der Waals surface area contributed by atoms with E-state index in [4.69, 9.17) is 4.74 Å². The molecular formula is C14H23N3O. The molecule has 4 heteroatoms. The normalized spacial score (nSPS) is 27.6. The van der Waals surface area contributed by atoms with Crippen molar-refractivity contribution in [2.45, 2.75) is 52.3 Å². The van der Waals surface area contributed by atoms with Crippen molar-refractivity contribution in [1.82, 2.24) is 15.3 Å². The van der Waals surface area contributed by atoms with Gasteiger partial charge < -0.3 is 10.1 Å². The van der Waals surface area contributed by atoms with Crippen LogP contribution in [0.25, 0.3) is 0 Å². The Balaban J connectivity index is 1.92. The van der Waals surface area contributed by atoms with Crippen LogP contribution >= 0.6 is 0 Å². The summed E-state index contributed by atoms with van der Waals surface area (Å²) in [5.41, 5.74) is 1.18. The van der Waals surface area contributed by atoms with Crippen LogP contribution < -0.4 is 5.32 Å². The summed E-state index contributed by atoms with van der Waals surface area (Å²) in [5.74, 6) is 0. The van der Waals surface area contributed by atoms with E-state index in [1.807, 2.05) is 6.20 Å². The number of nitrogens with one attached hydrogen (secondary N) is 1. The lowest BCUT2D eigenvalue weighted by Crippen LogP contribution is -2.61. The van der Waals surface area contributed by atoms with Crippen LogP contribution in [0.2, 0.25) is 0 Å². The average Bonchev–Trinajstić information content (AvgIpc) is 2.38. The Morgan fingerprint density at radius 3 is 2.83 bits per heavy atom. The van der Waals surface area contributed by atoms with Crippen LogP contribution in [0.3, 0.4) is 0 Å². The second-order valence-electron chi connectivity index (χ2n) is 5.57. The molecule has 0 saturated heterocycles. The Labute approximate surface area is 109 Å². The molecule has 1 aliphatic carbocycles. The maximum Gasteiger partial charge on any atom is 0.0753 e. The van der Waals surface area contributed by atoms with E-state index in [9.17, 15) is 0 Å². The first kappa shape index (κ1) is 13.4. The van der Waals surface area contributed by atoms with E-state index < -0.39 is 0 Å². The van der Waals surface area contributed by atoms with Crippen molar-refractivity contribution in [1.29, 1.82) is 0 Å². The molecule has 1 fully saturated rings. The summed E-state index contributed by atoms with van der Waals surface area (Å²) < 4.78 is 5.74.